The van der Waals surface area contributed by atoms with Gasteiger partial charge in [-0.05, 0) is 23.6 Å². The van der Waals surface area contributed by atoms with Crippen LogP contribution in [0.1, 0.15) is 20.8 Å². The first-order valence-corrected chi connectivity index (χ1v) is 8.27. The first-order chi connectivity index (χ1) is 11.6. The number of carbonyl (C=O) groups is 1. The number of aromatic carboxylic acids is 1. The lowest BCUT2D eigenvalue weighted by atomic mass is 9.96. The standard InChI is InChI=1S/C19H17NO3S/c1-12-16(13-7-3-2-4-8-13)17(19(21)22)18(24-12)15-10-6-5-9-14(15)11-23-20/h2-10H,11,20H2,1H3,(H,21,22). The second kappa shape index (κ2) is 6.97. The number of hydrogen-bond acceptors (Lipinski definition) is 4. The fourth-order valence-corrected chi connectivity index (χ4v) is 4.08. The van der Waals surface area contributed by atoms with Crippen molar-refractivity contribution in [1.29, 1.82) is 0 Å². The molecule has 3 N–H and O–H groups in total. The van der Waals surface area contributed by atoms with Crippen LogP contribution < -0.4 is 5.90 Å². The molecule has 0 fully saturated rings. The fraction of sp³-hybridized carbons (Fsp3) is 0.105. The Kier molecular flexibility index (Phi) is 4.76. The molecule has 3 aromatic rings. The van der Waals surface area contributed by atoms with E-state index in [1.807, 2.05) is 61.5 Å². The molecule has 0 aliphatic carbocycles. The molecule has 0 bridgehead atoms. The van der Waals surface area contributed by atoms with Gasteiger partial charge in [-0.15, -0.1) is 11.3 Å². The minimum Gasteiger partial charge on any atom is -0.478 e. The van der Waals surface area contributed by atoms with Crippen LogP contribution in [0.15, 0.2) is 54.6 Å². The first-order valence-electron chi connectivity index (χ1n) is 7.45. The maximum atomic E-state index is 12.0. The molecule has 122 valence electrons. The van der Waals surface area contributed by atoms with Gasteiger partial charge in [0.2, 0.25) is 0 Å². The summed E-state index contributed by atoms with van der Waals surface area (Å²) in [4.78, 5) is 18.5. The topological polar surface area (TPSA) is 72.5 Å². The van der Waals surface area contributed by atoms with E-state index in [2.05, 4.69) is 0 Å². The Hall–Kier alpha value is -2.47. The van der Waals surface area contributed by atoms with Gasteiger partial charge in [-0.1, -0.05) is 54.6 Å². The monoisotopic (exact) mass is 339 g/mol. The fourth-order valence-electron chi connectivity index (χ4n) is 2.85. The highest BCUT2D eigenvalue weighted by Crippen LogP contribution is 2.43. The number of benzene rings is 2. The predicted octanol–water partition coefficient (Wildman–Crippen LogP) is 4.48. The normalized spacial score (nSPS) is 10.8. The van der Waals surface area contributed by atoms with Gasteiger partial charge in [0.05, 0.1) is 17.0 Å². The highest BCUT2D eigenvalue weighted by Gasteiger charge is 2.24. The largest absolute Gasteiger partial charge is 0.478 e. The molecule has 1 heterocycles. The summed E-state index contributed by atoms with van der Waals surface area (Å²) in [5.41, 5.74) is 3.71. The molecule has 3 rings (SSSR count). The van der Waals surface area contributed by atoms with Gasteiger partial charge < -0.3 is 5.11 Å². The third kappa shape index (κ3) is 2.97. The molecule has 0 unspecified atom stereocenters. The van der Waals surface area contributed by atoms with Crippen LogP contribution in [0.25, 0.3) is 21.6 Å². The third-order valence-electron chi connectivity index (χ3n) is 3.86. The lowest BCUT2D eigenvalue weighted by Crippen LogP contribution is -2.03. The summed E-state index contributed by atoms with van der Waals surface area (Å²) in [5, 5.41) is 9.85. The summed E-state index contributed by atoms with van der Waals surface area (Å²) in [6.07, 6.45) is 0. The quantitative estimate of drug-likeness (QED) is 0.672. The molecular formula is C19H17NO3S. The number of thiophene rings is 1. The van der Waals surface area contributed by atoms with Crippen molar-refractivity contribution in [3.63, 3.8) is 0 Å². The average molecular weight is 339 g/mol. The minimum atomic E-state index is -0.934. The summed E-state index contributed by atoms with van der Waals surface area (Å²) in [5.74, 6) is 4.28. The number of aryl methyl sites for hydroxylation is 1. The molecule has 0 saturated carbocycles. The number of carboxylic acid groups (broad SMARTS) is 1. The zero-order valence-corrected chi connectivity index (χ0v) is 14.0. The van der Waals surface area contributed by atoms with Gasteiger partial charge in [0.15, 0.2) is 0 Å². The van der Waals surface area contributed by atoms with Crippen LogP contribution in [0.2, 0.25) is 0 Å². The Bertz CT molecular complexity index is 872. The summed E-state index contributed by atoms with van der Waals surface area (Å²) in [6, 6.07) is 17.2. The van der Waals surface area contributed by atoms with Crippen molar-refractivity contribution in [3.05, 3.63) is 70.6 Å². The minimum absolute atomic E-state index is 0.229. The van der Waals surface area contributed by atoms with Gasteiger partial charge in [0, 0.05) is 10.4 Å². The summed E-state index contributed by atoms with van der Waals surface area (Å²) in [7, 11) is 0. The summed E-state index contributed by atoms with van der Waals surface area (Å²) >= 11 is 1.48. The van der Waals surface area contributed by atoms with Crippen LogP contribution in [-0.4, -0.2) is 11.1 Å². The van der Waals surface area contributed by atoms with Gasteiger partial charge in [0.25, 0.3) is 0 Å². The van der Waals surface area contributed by atoms with Crippen molar-refractivity contribution < 1.29 is 14.7 Å². The van der Waals surface area contributed by atoms with Crippen molar-refractivity contribution >= 4 is 17.3 Å². The van der Waals surface area contributed by atoms with Gasteiger partial charge >= 0.3 is 5.97 Å². The van der Waals surface area contributed by atoms with Crippen molar-refractivity contribution in [1.82, 2.24) is 0 Å². The van der Waals surface area contributed by atoms with E-state index in [9.17, 15) is 9.90 Å². The third-order valence-corrected chi connectivity index (χ3v) is 5.00. The number of nitrogens with two attached hydrogens (primary N) is 1. The smallest absolute Gasteiger partial charge is 0.337 e. The van der Waals surface area contributed by atoms with Gasteiger partial charge in [0.1, 0.15) is 0 Å². The SMILES string of the molecule is Cc1sc(-c2ccccc2CON)c(C(=O)O)c1-c1ccccc1. The van der Waals surface area contributed by atoms with Gasteiger partial charge in [-0.2, -0.15) is 0 Å². The van der Waals surface area contributed by atoms with Crippen molar-refractivity contribution in [3.8, 4) is 21.6 Å². The zero-order valence-electron chi connectivity index (χ0n) is 13.2. The van der Waals surface area contributed by atoms with Crippen LogP contribution in [0.3, 0.4) is 0 Å². The molecule has 2 aromatic carbocycles. The maximum Gasteiger partial charge on any atom is 0.337 e. The molecule has 0 spiro atoms. The zero-order chi connectivity index (χ0) is 17.1. The Balaban J connectivity index is 2.26. The lowest BCUT2D eigenvalue weighted by molar-refractivity contribution is 0.0699. The van der Waals surface area contributed by atoms with E-state index in [1.165, 1.54) is 11.3 Å². The van der Waals surface area contributed by atoms with E-state index in [1.54, 1.807) is 0 Å². The molecule has 0 atom stereocenters. The maximum absolute atomic E-state index is 12.0. The molecule has 24 heavy (non-hydrogen) atoms. The van der Waals surface area contributed by atoms with E-state index in [0.717, 1.165) is 32.0 Å². The van der Waals surface area contributed by atoms with Gasteiger partial charge in [-0.3, -0.25) is 4.84 Å². The molecule has 0 aliphatic rings. The molecule has 0 saturated heterocycles. The molecule has 0 aliphatic heterocycles. The lowest BCUT2D eigenvalue weighted by Gasteiger charge is -2.09. The van der Waals surface area contributed by atoms with E-state index in [-0.39, 0.29) is 6.61 Å². The van der Waals surface area contributed by atoms with E-state index in [4.69, 9.17) is 10.7 Å². The number of hydrogen-bond donors (Lipinski definition) is 2. The second-order valence-electron chi connectivity index (χ2n) is 5.38. The second-order valence-corrected chi connectivity index (χ2v) is 6.60. The van der Waals surface area contributed by atoms with E-state index >= 15 is 0 Å². The number of carboxylic acids is 1. The Morgan fingerprint density at radius 3 is 2.46 bits per heavy atom. The molecule has 1 aromatic heterocycles. The molecule has 4 nitrogen and oxygen atoms in total. The van der Waals surface area contributed by atoms with Crippen LogP contribution in [0.4, 0.5) is 0 Å². The van der Waals surface area contributed by atoms with Gasteiger partial charge in [-0.25, -0.2) is 10.7 Å². The highest BCUT2D eigenvalue weighted by atomic mass is 32.1. The molecular weight excluding hydrogens is 322 g/mol. The Morgan fingerprint density at radius 2 is 1.79 bits per heavy atom. The van der Waals surface area contributed by atoms with Crippen LogP contribution in [-0.2, 0) is 11.4 Å². The van der Waals surface area contributed by atoms with Crippen LogP contribution in [0, 0.1) is 6.92 Å². The van der Waals surface area contributed by atoms with Crippen LogP contribution in [0.5, 0.6) is 0 Å². The number of rotatable bonds is 5. The van der Waals surface area contributed by atoms with Crippen LogP contribution >= 0.6 is 11.3 Å². The average Bonchev–Trinajstić information content (AvgIpc) is 2.94. The first kappa shape index (κ1) is 16.4. The molecule has 0 radical (unpaired) electrons. The van der Waals surface area contributed by atoms with E-state index < -0.39 is 5.97 Å². The summed E-state index contributed by atoms with van der Waals surface area (Å²) < 4.78 is 0. The van der Waals surface area contributed by atoms with Crippen molar-refractivity contribution in [2.45, 2.75) is 13.5 Å². The molecule has 0 amide bonds. The van der Waals surface area contributed by atoms with Crippen molar-refractivity contribution in [2.75, 3.05) is 0 Å². The highest BCUT2D eigenvalue weighted by molar-refractivity contribution is 7.16. The van der Waals surface area contributed by atoms with E-state index in [0.29, 0.717) is 5.56 Å². The summed E-state index contributed by atoms with van der Waals surface area (Å²) in [6.45, 7) is 2.18. The Morgan fingerprint density at radius 1 is 1.12 bits per heavy atom. The predicted molar refractivity (Wildman–Crippen MR) is 95.9 cm³/mol. The Labute approximate surface area is 144 Å². The van der Waals surface area contributed by atoms with Crippen molar-refractivity contribution in [2.24, 2.45) is 5.90 Å². The molecule has 5 heteroatoms.